The Morgan fingerprint density at radius 2 is 0.625 bits per heavy atom. The number of nitrogens with zero attached hydrogens (tertiary/aromatic N) is 6. The van der Waals surface area contributed by atoms with Crippen LogP contribution in [0.25, 0.3) is 16.0 Å². The van der Waals surface area contributed by atoms with Gasteiger partial charge in [0, 0.05) is 39.3 Å². The van der Waals surface area contributed by atoms with Gasteiger partial charge in [-0.15, -0.1) is 12.4 Å². The quantitative estimate of drug-likeness (QED) is 0.0692. The molecular weight excluding hydrogens is 439 g/mol. The van der Waals surface area contributed by atoms with Crippen molar-refractivity contribution in [2.45, 2.75) is 119 Å². The predicted molar refractivity (Wildman–Crippen MR) is 148 cm³/mol. The Morgan fingerprint density at radius 3 is 0.750 bits per heavy atom. The summed E-state index contributed by atoms with van der Waals surface area (Å²) in [6, 6.07) is 0. The number of hydrogen-bond acceptors (Lipinski definition) is 3. The summed E-state index contributed by atoms with van der Waals surface area (Å²) in [6.45, 7) is 21.8. The fraction of sp³-hybridized carbons (Fsp3) is 1.00. The van der Waals surface area contributed by atoms with E-state index in [-0.39, 0.29) is 20.8 Å². The molecule has 0 aliphatic carbocycles. The zero-order valence-electron chi connectivity index (χ0n) is 22.3. The van der Waals surface area contributed by atoms with E-state index in [2.05, 4.69) is 55.6 Å². The van der Waals surface area contributed by atoms with Gasteiger partial charge in [-0.1, -0.05) is 80.1 Å². The molecule has 0 bridgehead atoms. The van der Waals surface area contributed by atoms with Crippen molar-refractivity contribution in [3.63, 3.8) is 0 Å². The first-order valence-electron chi connectivity index (χ1n) is 13.1. The van der Waals surface area contributed by atoms with E-state index in [1.165, 1.54) is 121 Å². The van der Waals surface area contributed by atoms with Gasteiger partial charge < -0.3 is 11.1 Å². The highest BCUT2D eigenvalue weighted by Crippen LogP contribution is 2.49. The third kappa shape index (κ3) is 19.4. The molecule has 0 amide bonds. The third-order valence-corrected chi connectivity index (χ3v) is 8.10. The first-order chi connectivity index (χ1) is 15.1. The van der Waals surface area contributed by atoms with Crippen molar-refractivity contribution in [2.24, 2.45) is 0 Å². The maximum atomic E-state index is 6.75. The van der Waals surface area contributed by atoms with E-state index < -0.39 is 0 Å². The van der Waals surface area contributed by atoms with Crippen LogP contribution in [0.2, 0.25) is 0 Å². The summed E-state index contributed by atoms with van der Waals surface area (Å²) in [4.78, 5) is 1.50. The van der Waals surface area contributed by atoms with Gasteiger partial charge in [-0.3, -0.25) is 18.9 Å². The minimum atomic E-state index is -0.321. The minimum absolute atomic E-state index is 0. The summed E-state index contributed by atoms with van der Waals surface area (Å²) < 4.78 is 8.75. The summed E-state index contributed by atoms with van der Waals surface area (Å²) in [7, 11) is -0.321. The maximum absolute atomic E-state index is 6.75. The highest BCUT2D eigenvalue weighted by atomic mass is 35.5. The van der Waals surface area contributed by atoms with Crippen molar-refractivity contribution in [3.05, 3.63) is 16.0 Å². The number of halogens is 1. The largest absolute Gasteiger partial charge is 0.373 e. The first kappa shape index (κ1) is 36.5. The smallest absolute Gasteiger partial charge is 0.120 e. The fourth-order valence-corrected chi connectivity index (χ4v) is 6.45. The summed E-state index contributed by atoms with van der Waals surface area (Å²) in [5.41, 5.74) is 13.5. The highest BCUT2D eigenvalue weighted by Gasteiger charge is 2.30. The summed E-state index contributed by atoms with van der Waals surface area (Å²) >= 11 is 0. The molecule has 0 N–H and O–H groups in total. The van der Waals surface area contributed by atoms with Gasteiger partial charge in [-0.2, -0.15) is 0 Å². The topological polar surface area (TPSA) is 68.4 Å². The summed E-state index contributed by atoms with van der Waals surface area (Å²) in [5, 5.41) is 0. The van der Waals surface area contributed by atoms with Crippen LogP contribution in [0.4, 0.5) is 0 Å². The molecular formula is C24H55ClN6P-. The van der Waals surface area contributed by atoms with Gasteiger partial charge >= 0.3 is 0 Å². The molecule has 0 atom stereocenters. The van der Waals surface area contributed by atoms with Gasteiger partial charge in [0.05, 0.1) is 0 Å². The van der Waals surface area contributed by atoms with Crippen molar-refractivity contribution in [1.82, 2.24) is 14.0 Å². The molecule has 0 unspecified atom stereocenters. The van der Waals surface area contributed by atoms with Crippen LogP contribution in [-0.2, 0) is 0 Å². The Bertz CT molecular complexity index is 325. The summed E-state index contributed by atoms with van der Waals surface area (Å²) in [6.07, 6.45) is 15.9. The second kappa shape index (κ2) is 28.9. The molecule has 0 fully saturated rings. The Hall–Kier alpha value is -0.0900. The highest BCUT2D eigenvalue weighted by molar-refractivity contribution is 7.50. The van der Waals surface area contributed by atoms with Gasteiger partial charge in [0.1, 0.15) is 8.37 Å². The second-order valence-electron chi connectivity index (χ2n) is 8.34. The predicted octanol–water partition coefficient (Wildman–Crippen LogP) is 9.21. The maximum Gasteiger partial charge on any atom is 0.120 e. The Balaban J connectivity index is -0.00000198. The van der Waals surface area contributed by atoms with Crippen LogP contribution in [-0.4, -0.2) is 53.3 Å². The molecule has 194 valence electrons. The first-order valence-corrected chi connectivity index (χ1v) is 14.3. The van der Waals surface area contributed by atoms with Crippen LogP contribution in [0.15, 0.2) is 0 Å². The van der Waals surface area contributed by atoms with Crippen LogP contribution >= 0.6 is 20.8 Å². The molecule has 0 aromatic rings. The van der Waals surface area contributed by atoms with Gasteiger partial charge in [0.2, 0.25) is 0 Å². The lowest BCUT2D eigenvalue weighted by Gasteiger charge is -2.45. The van der Waals surface area contributed by atoms with E-state index in [1.54, 1.807) is 0 Å². The molecule has 6 nitrogen and oxygen atoms in total. The number of unbranched alkanes of at least 4 members (excludes halogenated alkanes) is 6. The zero-order valence-corrected chi connectivity index (χ0v) is 24.0. The molecule has 0 saturated carbocycles. The normalized spacial score (nSPS) is 10.9. The average Bonchev–Trinajstić information content (AvgIpc) is 2.78. The van der Waals surface area contributed by atoms with E-state index in [9.17, 15) is 0 Å². The molecule has 0 spiro atoms. The van der Waals surface area contributed by atoms with Crippen molar-refractivity contribution in [3.8, 4) is 0 Å². The molecule has 0 heterocycles. The number of hydrogen-bond donors (Lipinski definition) is 0. The van der Waals surface area contributed by atoms with Gasteiger partial charge in [-0.25, -0.2) is 0 Å². The molecule has 0 saturated heterocycles. The van der Waals surface area contributed by atoms with Crippen LogP contribution in [0.1, 0.15) is 119 Å². The van der Waals surface area contributed by atoms with Gasteiger partial charge in [0.15, 0.2) is 0 Å². The van der Waals surface area contributed by atoms with Gasteiger partial charge in [-0.05, 0) is 38.5 Å². The van der Waals surface area contributed by atoms with Crippen molar-refractivity contribution in [1.29, 1.82) is 0 Å². The molecule has 0 rings (SSSR count). The van der Waals surface area contributed by atoms with Crippen LogP contribution in [0.5, 0.6) is 0 Å². The molecule has 8 heteroatoms. The van der Waals surface area contributed by atoms with E-state index in [4.69, 9.17) is 11.1 Å². The Morgan fingerprint density at radius 1 is 0.469 bits per heavy atom. The van der Waals surface area contributed by atoms with E-state index in [0.717, 1.165) is 0 Å². The van der Waals surface area contributed by atoms with E-state index in [0.29, 0.717) is 0 Å². The lowest BCUT2D eigenvalue weighted by atomic mass is 10.3. The molecule has 0 aromatic carbocycles. The summed E-state index contributed by atoms with van der Waals surface area (Å²) in [5.74, 6) is 0. The van der Waals surface area contributed by atoms with Crippen LogP contribution < -0.4 is 0 Å². The van der Waals surface area contributed by atoms with Crippen molar-refractivity contribution < 1.29 is 0 Å². The zero-order chi connectivity index (χ0) is 23.7. The Kier molecular flexibility index (Phi) is 33.0. The van der Waals surface area contributed by atoms with Crippen LogP contribution in [0, 0.1) is 0 Å². The minimum Gasteiger partial charge on any atom is -0.373 e. The lowest BCUT2D eigenvalue weighted by Crippen LogP contribution is -2.40. The molecule has 0 aliphatic rings. The van der Waals surface area contributed by atoms with Gasteiger partial charge in [0.25, 0.3) is 0 Å². The van der Waals surface area contributed by atoms with Crippen LogP contribution in [0.3, 0.4) is 0 Å². The number of rotatable bonds is 21. The third-order valence-electron chi connectivity index (χ3n) is 5.38. The van der Waals surface area contributed by atoms with Crippen molar-refractivity contribution in [2.75, 3.05) is 39.3 Å². The standard InChI is InChI=1S/C24H54N3P.ClH.N3/c1-7-13-19-25(20-14-8-2)28(26(21-15-9-3)22-16-10-4)27(23-17-11-5)24-18-12-6;;1-3-2/h7-24H2,1-6H3;1H;/q;;-1. The SMILES string of the molecule is CCCCN(CCCC)P(N(CCCC)CCCC)N(CCCC)CCCC.Cl.[N-]=[N+]=[N-]. The van der Waals surface area contributed by atoms with Crippen molar-refractivity contribution >= 4 is 20.8 Å². The lowest BCUT2D eigenvalue weighted by molar-refractivity contribution is 0.301. The molecule has 32 heavy (non-hydrogen) atoms. The molecule has 0 radical (unpaired) electrons. The van der Waals surface area contributed by atoms with E-state index >= 15 is 0 Å². The Labute approximate surface area is 208 Å². The van der Waals surface area contributed by atoms with E-state index in [1.807, 2.05) is 0 Å². The average molecular weight is 494 g/mol. The molecule has 0 aliphatic heterocycles. The fourth-order valence-electron chi connectivity index (χ4n) is 3.45. The second-order valence-corrected chi connectivity index (χ2v) is 10.6. The monoisotopic (exact) mass is 493 g/mol. The molecule has 0 aromatic heterocycles.